The van der Waals surface area contributed by atoms with Crippen LogP contribution in [0.1, 0.15) is 16.4 Å². The number of aromatic hydroxyl groups is 1. The standard InChI is InChI=1S/C9H12INO/c1-6(11)9(10)7-2-4-8(12)5-3-7/h2-6,9,12H,11H2,1H3. The fourth-order valence-electron chi connectivity index (χ4n) is 0.962. The van der Waals surface area contributed by atoms with Crippen LogP contribution in [0.3, 0.4) is 0 Å². The highest BCUT2D eigenvalue weighted by Gasteiger charge is 2.11. The summed E-state index contributed by atoms with van der Waals surface area (Å²) in [6, 6.07) is 7.30. The van der Waals surface area contributed by atoms with E-state index in [2.05, 4.69) is 22.6 Å². The molecule has 0 radical (unpaired) electrons. The van der Waals surface area contributed by atoms with E-state index >= 15 is 0 Å². The van der Waals surface area contributed by atoms with Crippen LogP contribution in [0.4, 0.5) is 0 Å². The topological polar surface area (TPSA) is 46.2 Å². The third-order valence-corrected chi connectivity index (χ3v) is 3.53. The molecular formula is C9H12INO. The Bertz CT molecular complexity index is 245. The fourth-order valence-corrected chi connectivity index (χ4v) is 1.38. The van der Waals surface area contributed by atoms with Crippen molar-refractivity contribution >= 4 is 22.6 Å². The summed E-state index contributed by atoms with van der Waals surface area (Å²) in [7, 11) is 0. The highest BCUT2D eigenvalue weighted by atomic mass is 127. The van der Waals surface area contributed by atoms with Gasteiger partial charge in [-0.25, -0.2) is 0 Å². The fraction of sp³-hybridized carbons (Fsp3) is 0.333. The molecule has 0 aromatic heterocycles. The largest absolute Gasteiger partial charge is 0.508 e. The molecule has 0 fully saturated rings. The number of hydrogen-bond donors (Lipinski definition) is 2. The number of benzene rings is 1. The minimum atomic E-state index is 0.134. The van der Waals surface area contributed by atoms with Gasteiger partial charge in [-0.2, -0.15) is 0 Å². The lowest BCUT2D eigenvalue weighted by Crippen LogP contribution is -2.20. The summed E-state index contributed by atoms with van der Waals surface area (Å²) in [5.41, 5.74) is 6.89. The van der Waals surface area contributed by atoms with Crippen molar-refractivity contribution in [2.75, 3.05) is 0 Å². The Morgan fingerprint density at radius 1 is 1.33 bits per heavy atom. The van der Waals surface area contributed by atoms with Gasteiger partial charge in [-0.05, 0) is 24.6 Å². The second-order valence-electron chi connectivity index (χ2n) is 2.85. The average molecular weight is 277 g/mol. The summed E-state index contributed by atoms with van der Waals surface area (Å²) < 4.78 is 0.309. The van der Waals surface area contributed by atoms with Crippen LogP contribution in [0.15, 0.2) is 24.3 Å². The first-order chi connectivity index (χ1) is 5.61. The zero-order valence-electron chi connectivity index (χ0n) is 6.87. The Labute approximate surface area is 85.9 Å². The Hall–Kier alpha value is -0.290. The van der Waals surface area contributed by atoms with E-state index in [4.69, 9.17) is 10.8 Å². The third kappa shape index (κ3) is 2.35. The molecule has 3 heteroatoms. The SMILES string of the molecule is CC(N)C(I)c1ccc(O)cc1. The predicted octanol–water partition coefficient (Wildman–Crippen LogP) is 2.22. The monoisotopic (exact) mass is 277 g/mol. The molecule has 0 spiro atoms. The molecule has 0 saturated heterocycles. The molecule has 1 rings (SSSR count). The molecule has 0 aliphatic heterocycles. The summed E-state index contributed by atoms with van der Waals surface area (Å²) >= 11 is 2.30. The number of hydrogen-bond acceptors (Lipinski definition) is 2. The van der Waals surface area contributed by atoms with Gasteiger partial charge in [0.05, 0.1) is 3.92 Å². The molecule has 3 N–H and O–H groups in total. The first-order valence-corrected chi connectivity index (χ1v) is 5.04. The third-order valence-electron chi connectivity index (χ3n) is 1.67. The molecule has 12 heavy (non-hydrogen) atoms. The molecule has 1 aromatic rings. The van der Waals surface area contributed by atoms with Crippen LogP contribution in [0.25, 0.3) is 0 Å². The number of nitrogens with two attached hydrogens (primary N) is 1. The van der Waals surface area contributed by atoms with Crippen LogP contribution < -0.4 is 5.73 Å². The van der Waals surface area contributed by atoms with E-state index in [-0.39, 0.29) is 6.04 Å². The van der Waals surface area contributed by atoms with E-state index in [1.54, 1.807) is 12.1 Å². The molecule has 0 saturated carbocycles. The predicted molar refractivity (Wildman–Crippen MR) is 58.5 cm³/mol. The Kier molecular flexibility index (Phi) is 3.34. The Morgan fingerprint density at radius 3 is 2.25 bits per heavy atom. The normalized spacial score (nSPS) is 15.6. The van der Waals surface area contributed by atoms with Gasteiger partial charge < -0.3 is 10.8 Å². The average Bonchev–Trinajstić information content (AvgIpc) is 2.04. The molecular weight excluding hydrogens is 265 g/mol. The maximum absolute atomic E-state index is 9.04. The molecule has 1 aromatic carbocycles. The molecule has 0 bridgehead atoms. The van der Waals surface area contributed by atoms with Crippen LogP contribution in [-0.2, 0) is 0 Å². The summed E-state index contributed by atoms with van der Waals surface area (Å²) in [5.74, 6) is 0.298. The maximum atomic E-state index is 9.04. The number of rotatable bonds is 2. The van der Waals surface area contributed by atoms with Crippen molar-refractivity contribution in [1.29, 1.82) is 0 Å². The van der Waals surface area contributed by atoms with E-state index in [1.807, 2.05) is 19.1 Å². The van der Waals surface area contributed by atoms with Crippen molar-refractivity contribution in [2.24, 2.45) is 5.73 Å². The van der Waals surface area contributed by atoms with Gasteiger partial charge in [-0.1, -0.05) is 34.7 Å². The summed E-state index contributed by atoms with van der Waals surface area (Å²) in [4.78, 5) is 0. The van der Waals surface area contributed by atoms with E-state index in [1.165, 1.54) is 0 Å². The molecule has 2 atom stereocenters. The number of phenolic OH excluding ortho intramolecular Hbond substituents is 1. The van der Waals surface area contributed by atoms with Crippen molar-refractivity contribution in [3.8, 4) is 5.75 Å². The molecule has 0 amide bonds. The van der Waals surface area contributed by atoms with Crippen molar-refractivity contribution in [1.82, 2.24) is 0 Å². The van der Waals surface area contributed by atoms with Crippen molar-refractivity contribution in [3.05, 3.63) is 29.8 Å². The molecule has 0 aliphatic rings. The van der Waals surface area contributed by atoms with Crippen LogP contribution in [0.5, 0.6) is 5.75 Å². The van der Waals surface area contributed by atoms with Crippen molar-refractivity contribution in [2.45, 2.75) is 16.9 Å². The van der Waals surface area contributed by atoms with Gasteiger partial charge in [0.2, 0.25) is 0 Å². The second kappa shape index (κ2) is 4.09. The van der Waals surface area contributed by atoms with Crippen LogP contribution in [0.2, 0.25) is 0 Å². The van der Waals surface area contributed by atoms with E-state index in [0.717, 1.165) is 5.56 Å². The van der Waals surface area contributed by atoms with Crippen LogP contribution in [0, 0.1) is 0 Å². The van der Waals surface area contributed by atoms with E-state index in [0.29, 0.717) is 9.67 Å². The quantitative estimate of drug-likeness (QED) is 0.643. The highest BCUT2D eigenvalue weighted by molar-refractivity contribution is 14.1. The van der Waals surface area contributed by atoms with Gasteiger partial charge in [0.25, 0.3) is 0 Å². The zero-order valence-corrected chi connectivity index (χ0v) is 9.02. The number of phenols is 1. The van der Waals surface area contributed by atoms with Crippen molar-refractivity contribution < 1.29 is 5.11 Å². The summed E-state index contributed by atoms with van der Waals surface area (Å²) in [5, 5.41) is 9.04. The molecule has 2 nitrogen and oxygen atoms in total. The molecule has 0 heterocycles. The maximum Gasteiger partial charge on any atom is 0.115 e. The first-order valence-electron chi connectivity index (χ1n) is 3.80. The first kappa shape index (κ1) is 9.80. The van der Waals surface area contributed by atoms with Crippen molar-refractivity contribution in [3.63, 3.8) is 0 Å². The molecule has 2 unspecified atom stereocenters. The van der Waals surface area contributed by atoms with Gasteiger partial charge in [0.15, 0.2) is 0 Å². The lowest BCUT2D eigenvalue weighted by atomic mass is 10.1. The number of halogens is 1. The Balaban J connectivity index is 2.82. The minimum Gasteiger partial charge on any atom is -0.508 e. The summed E-state index contributed by atoms with van der Waals surface area (Å²) in [6.07, 6.45) is 0. The highest BCUT2D eigenvalue weighted by Crippen LogP contribution is 2.26. The second-order valence-corrected chi connectivity index (χ2v) is 4.19. The van der Waals surface area contributed by atoms with Crippen LogP contribution >= 0.6 is 22.6 Å². The lowest BCUT2D eigenvalue weighted by molar-refractivity contribution is 0.475. The van der Waals surface area contributed by atoms with Gasteiger partial charge in [-0.3, -0.25) is 0 Å². The van der Waals surface area contributed by atoms with Crippen LogP contribution in [-0.4, -0.2) is 11.1 Å². The lowest BCUT2D eigenvalue weighted by Gasteiger charge is -2.13. The smallest absolute Gasteiger partial charge is 0.115 e. The van der Waals surface area contributed by atoms with E-state index in [9.17, 15) is 0 Å². The van der Waals surface area contributed by atoms with Gasteiger partial charge >= 0.3 is 0 Å². The zero-order chi connectivity index (χ0) is 9.14. The summed E-state index contributed by atoms with van der Waals surface area (Å²) in [6.45, 7) is 1.98. The van der Waals surface area contributed by atoms with E-state index < -0.39 is 0 Å². The van der Waals surface area contributed by atoms with Gasteiger partial charge in [0.1, 0.15) is 5.75 Å². The molecule has 66 valence electrons. The Morgan fingerprint density at radius 2 is 1.83 bits per heavy atom. The van der Waals surface area contributed by atoms with Gasteiger partial charge in [-0.15, -0.1) is 0 Å². The van der Waals surface area contributed by atoms with Gasteiger partial charge in [0, 0.05) is 6.04 Å². The minimum absolute atomic E-state index is 0.134. The molecule has 0 aliphatic carbocycles. The number of alkyl halides is 1.